The summed E-state index contributed by atoms with van der Waals surface area (Å²) in [6, 6.07) is 6.90. The number of hydrogen-bond donors (Lipinski definition) is 1. The average Bonchev–Trinajstić information content (AvgIpc) is 2.90. The second-order valence-corrected chi connectivity index (χ2v) is 4.50. The lowest BCUT2D eigenvalue weighted by Crippen LogP contribution is -2.10. The Morgan fingerprint density at radius 2 is 2.07 bits per heavy atom. The van der Waals surface area contributed by atoms with Crippen LogP contribution in [0.3, 0.4) is 0 Å². The van der Waals surface area contributed by atoms with Crippen LogP contribution >= 0.6 is 0 Å². The molecule has 1 saturated carbocycles. The summed E-state index contributed by atoms with van der Waals surface area (Å²) in [7, 11) is 2.04. The minimum atomic E-state index is 0.821. The van der Waals surface area contributed by atoms with Crippen LogP contribution in [0.1, 0.15) is 29.0 Å². The van der Waals surface area contributed by atoms with Gasteiger partial charge < -0.3 is 5.32 Å². The van der Waals surface area contributed by atoms with E-state index in [1.54, 1.807) is 0 Å². The van der Waals surface area contributed by atoms with Crippen LogP contribution in [0.25, 0.3) is 0 Å². The van der Waals surface area contributed by atoms with E-state index in [4.69, 9.17) is 0 Å². The number of rotatable bonds is 3. The maximum absolute atomic E-state index is 3.26. The van der Waals surface area contributed by atoms with E-state index in [9.17, 15) is 0 Å². The van der Waals surface area contributed by atoms with E-state index in [2.05, 4.69) is 37.4 Å². The maximum atomic E-state index is 3.26. The van der Waals surface area contributed by atoms with Crippen LogP contribution < -0.4 is 5.32 Å². The summed E-state index contributed by atoms with van der Waals surface area (Å²) in [5.41, 5.74) is 4.37. The predicted octanol–water partition coefficient (Wildman–Crippen LogP) is 2.63. The molecule has 1 nitrogen and oxygen atoms in total. The molecule has 1 aromatic rings. The molecule has 14 heavy (non-hydrogen) atoms. The molecule has 0 saturated heterocycles. The highest BCUT2D eigenvalue weighted by Gasteiger charge is 2.37. The van der Waals surface area contributed by atoms with Crippen molar-refractivity contribution >= 4 is 0 Å². The normalized spacial score (nSPS) is 25.1. The van der Waals surface area contributed by atoms with Crippen LogP contribution in [0.4, 0.5) is 0 Å². The first kappa shape index (κ1) is 9.72. The molecule has 0 bridgehead atoms. The Balaban J connectivity index is 2.08. The largest absolute Gasteiger partial charge is 0.319 e. The van der Waals surface area contributed by atoms with Crippen LogP contribution in [-0.4, -0.2) is 13.6 Å². The molecular formula is C13H19N. The van der Waals surface area contributed by atoms with Gasteiger partial charge in [0.25, 0.3) is 0 Å². The average molecular weight is 189 g/mol. The lowest BCUT2D eigenvalue weighted by atomic mass is 10.0. The molecular weight excluding hydrogens is 170 g/mol. The first-order valence-electron chi connectivity index (χ1n) is 5.44. The zero-order chi connectivity index (χ0) is 10.1. The first-order chi connectivity index (χ1) is 6.72. The number of nitrogens with one attached hydrogen (secondary N) is 1. The molecule has 1 aromatic carbocycles. The van der Waals surface area contributed by atoms with Gasteiger partial charge in [-0.1, -0.05) is 18.2 Å². The summed E-state index contributed by atoms with van der Waals surface area (Å²) < 4.78 is 0. The summed E-state index contributed by atoms with van der Waals surface area (Å²) in [4.78, 5) is 0. The molecule has 1 aliphatic rings. The Morgan fingerprint density at radius 1 is 1.29 bits per heavy atom. The van der Waals surface area contributed by atoms with Crippen molar-refractivity contribution in [2.24, 2.45) is 5.92 Å². The Hall–Kier alpha value is -0.820. The molecule has 1 fully saturated rings. The van der Waals surface area contributed by atoms with Gasteiger partial charge in [-0.25, -0.2) is 0 Å². The van der Waals surface area contributed by atoms with Crippen molar-refractivity contribution < 1.29 is 0 Å². The molecule has 0 radical (unpaired) electrons. The van der Waals surface area contributed by atoms with Crippen molar-refractivity contribution in [3.8, 4) is 0 Å². The van der Waals surface area contributed by atoms with Crippen LogP contribution in [0.15, 0.2) is 18.2 Å². The standard InChI is InChI=1S/C13H19N/c1-9-4-5-11(6-10(9)2)13-7-12(13)8-14-3/h4-6,12-14H,7-8H2,1-3H3/t12-,13-/m0/s1. The van der Waals surface area contributed by atoms with Crippen molar-refractivity contribution in [1.29, 1.82) is 0 Å². The Labute approximate surface area is 86.5 Å². The molecule has 1 aliphatic carbocycles. The van der Waals surface area contributed by atoms with Crippen LogP contribution in [0, 0.1) is 19.8 Å². The van der Waals surface area contributed by atoms with Gasteiger partial charge in [0.05, 0.1) is 0 Å². The smallest absolute Gasteiger partial charge is 0.00175 e. The summed E-state index contributed by atoms with van der Waals surface area (Å²) in [6.45, 7) is 5.54. The molecule has 0 unspecified atom stereocenters. The molecule has 0 heterocycles. The second-order valence-electron chi connectivity index (χ2n) is 4.50. The van der Waals surface area contributed by atoms with Crippen molar-refractivity contribution in [3.05, 3.63) is 34.9 Å². The number of aryl methyl sites for hydroxylation is 2. The third-order valence-corrected chi connectivity index (χ3v) is 3.35. The zero-order valence-corrected chi connectivity index (χ0v) is 9.30. The van der Waals surface area contributed by atoms with E-state index in [-0.39, 0.29) is 0 Å². The fraction of sp³-hybridized carbons (Fsp3) is 0.538. The third kappa shape index (κ3) is 1.83. The van der Waals surface area contributed by atoms with Crippen molar-refractivity contribution in [1.82, 2.24) is 5.32 Å². The summed E-state index contributed by atoms with van der Waals surface area (Å²) in [5, 5.41) is 3.26. The highest BCUT2D eigenvalue weighted by atomic mass is 14.8. The number of hydrogen-bond acceptors (Lipinski definition) is 1. The molecule has 0 aliphatic heterocycles. The van der Waals surface area contributed by atoms with E-state index < -0.39 is 0 Å². The van der Waals surface area contributed by atoms with Gasteiger partial charge in [0.1, 0.15) is 0 Å². The Morgan fingerprint density at radius 3 is 2.71 bits per heavy atom. The van der Waals surface area contributed by atoms with Gasteiger partial charge in [0.15, 0.2) is 0 Å². The van der Waals surface area contributed by atoms with Gasteiger partial charge in [-0.3, -0.25) is 0 Å². The van der Waals surface area contributed by atoms with Gasteiger partial charge in [-0.05, 0) is 62.4 Å². The molecule has 1 N–H and O–H groups in total. The van der Waals surface area contributed by atoms with Gasteiger partial charge in [-0.2, -0.15) is 0 Å². The second kappa shape index (κ2) is 3.74. The van der Waals surface area contributed by atoms with E-state index in [1.165, 1.54) is 23.1 Å². The van der Waals surface area contributed by atoms with Crippen LogP contribution in [0.2, 0.25) is 0 Å². The van der Waals surface area contributed by atoms with Crippen molar-refractivity contribution in [2.45, 2.75) is 26.2 Å². The fourth-order valence-corrected chi connectivity index (χ4v) is 2.14. The van der Waals surface area contributed by atoms with Crippen LogP contribution in [-0.2, 0) is 0 Å². The summed E-state index contributed by atoms with van der Waals surface area (Å²) >= 11 is 0. The topological polar surface area (TPSA) is 12.0 Å². The number of benzene rings is 1. The molecule has 76 valence electrons. The van der Waals surface area contributed by atoms with Gasteiger partial charge >= 0.3 is 0 Å². The zero-order valence-electron chi connectivity index (χ0n) is 9.30. The Kier molecular flexibility index (Phi) is 2.60. The third-order valence-electron chi connectivity index (χ3n) is 3.35. The molecule has 1 heteroatoms. The minimum Gasteiger partial charge on any atom is -0.319 e. The molecule has 0 spiro atoms. The maximum Gasteiger partial charge on any atom is -0.00175 e. The SMILES string of the molecule is CNC[C@@H]1C[C@H]1c1ccc(C)c(C)c1. The fourth-order valence-electron chi connectivity index (χ4n) is 2.14. The summed E-state index contributed by atoms with van der Waals surface area (Å²) in [6.07, 6.45) is 1.36. The lowest BCUT2D eigenvalue weighted by molar-refractivity contribution is 0.698. The van der Waals surface area contributed by atoms with Crippen LogP contribution in [0.5, 0.6) is 0 Å². The van der Waals surface area contributed by atoms with Crippen molar-refractivity contribution in [3.63, 3.8) is 0 Å². The molecule has 0 aromatic heterocycles. The molecule has 2 rings (SSSR count). The van der Waals surface area contributed by atoms with Gasteiger partial charge in [0, 0.05) is 0 Å². The van der Waals surface area contributed by atoms with Gasteiger partial charge in [0.2, 0.25) is 0 Å². The molecule has 2 atom stereocenters. The van der Waals surface area contributed by atoms with Gasteiger partial charge in [-0.15, -0.1) is 0 Å². The Bertz CT molecular complexity index is 330. The minimum absolute atomic E-state index is 0.821. The quantitative estimate of drug-likeness (QED) is 0.770. The predicted molar refractivity (Wildman–Crippen MR) is 60.7 cm³/mol. The van der Waals surface area contributed by atoms with E-state index in [1.807, 2.05) is 7.05 Å². The molecule has 0 amide bonds. The van der Waals surface area contributed by atoms with Crippen molar-refractivity contribution in [2.75, 3.05) is 13.6 Å². The lowest BCUT2D eigenvalue weighted by Gasteiger charge is -2.04. The van der Waals surface area contributed by atoms with E-state index >= 15 is 0 Å². The first-order valence-corrected chi connectivity index (χ1v) is 5.44. The highest BCUT2D eigenvalue weighted by molar-refractivity contribution is 5.34. The summed E-state index contributed by atoms with van der Waals surface area (Å²) in [5.74, 6) is 1.70. The van der Waals surface area contributed by atoms with E-state index in [0.717, 1.165) is 18.4 Å². The monoisotopic (exact) mass is 189 g/mol. The highest BCUT2D eigenvalue weighted by Crippen LogP contribution is 2.47. The van der Waals surface area contributed by atoms with E-state index in [0.29, 0.717) is 0 Å².